The minimum Gasteiger partial charge on any atom is -0.388 e. The molecule has 0 amide bonds. The molecule has 0 unspecified atom stereocenters. The molecule has 0 aliphatic carbocycles. The van der Waals surface area contributed by atoms with E-state index in [-0.39, 0.29) is 6.61 Å². The van der Waals surface area contributed by atoms with Crippen molar-refractivity contribution in [3.63, 3.8) is 0 Å². The number of hydrogen-bond acceptors (Lipinski definition) is 4. The molecule has 2 heterocycles. The molecule has 0 aliphatic heterocycles. The van der Waals surface area contributed by atoms with Crippen LogP contribution in [0, 0.1) is 0 Å². The number of fused-ring (bicyclic) bond motifs is 1. The van der Waals surface area contributed by atoms with Crippen molar-refractivity contribution in [1.29, 1.82) is 0 Å². The summed E-state index contributed by atoms with van der Waals surface area (Å²) in [6, 6.07) is 0. The monoisotopic (exact) mass is 184 g/mol. The fourth-order valence-electron chi connectivity index (χ4n) is 0.918. The molecule has 0 radical (unpaired) electrons. The van der Waals surface area contributed by atoms with Crippen LogP contribution in [0.5, 0.6) is 0 Å². The molecule has 0 saturated heterocycles. The highest BCUT2D eigenvalue weighted by Crippen LogP contribution is 2.07. The highest BCUT2D eigenvalue weighted by Gasteiger charge is 2.04. The summed E-state index contributed by atoms with van der Waals surface area (Å²) in [4.78, 5) is 3.90. The number of rotatable bonds is 1. The van der Waals surface area contributed by atoms with Crippen molar-refractivity contribution in [2.24, 2.45) is 0 Å². The number of halogens is 1. The molecule has 62 valence electrons. The van der Waals surface area contributed by atoms with E-state index in [0.717, 1.165) is 0 Å². The zero-order chi connectivity index (χ0) is 8.55. The number of aromatic nitrogens is 4. The Bertz CT molecular complexity index is 413. The second-order valence-corrected chi connectivity index (χ2v) is 2.65. The summed E-state index contributed by atoms with van der Waals surface area (Å²) in [6.45, 7) is -0.177. The van der Waals surface area contributed by atoms with E-state index in [2.05, 4.69) is 15.2 Å². The van der Waals surface area contributed by atoms with E-state index >= 15 is 0 Å². The van der Waals surface area contributed by atoms with Crippen LogP contribution in [0.2, 0.25) is 5.02 Å². The molecule has 12 heavy (non-hydrogen) atoms. The van der Waals surface area contributed by atoms with E-state index < -0.39 is 0 Å². The third-order valence-electron chi connectivity index (χ3n) is 1.45. The summed E-state index contributed by atoms with van der Waals surface area (Å²) >= 11 is 5.68. The Kier molecular flexibility index (Phi) is 1.67. The summed E-state index contributed by atoms with van der Waals surface area (Å²) in [5.41, 5.74) is 0. The van der Waals surface area contributed by atoms with E-state index in [1.807, 2.05) is 0 Å². The fraction of sp³-hybridized carbons (Fsp3) is 0.167. The van der Waals surface area contributed by atoms with Crippen LogP contribution >= 0.6 is 11.6 Å². The van der Waals surface area contributed by atoms with Crippen molar-refractivity contribution in [3.8, 4) is 0 Å². The molecule has 2 aromatic heterocycles. The predicted octanol–water partition coefficient (Wildman–Crippen LogP) is 0.270. The third kappa shape index (κ3) is 1.03. The maximum atomic E-state index is 8.82. The average molecular weight is 185 g/mol. The molecule has 0 spiro atoms. The molecule has 0 aromatic carbocycles. The Morgan fingerprint density at radius 1 is 1.50 bits per heavy atom. The van der Waals surface area contributed by atoms with Gasteiger partial charge in [0.25, 0.3) is 5.78 Å². The lowest BCUT2D eigenvalue weighted by molar-refractivity contribution is 0.270. The zero-order valence-electron chi connectivity index (χ0n) is 5.98. The molecule has 0 aliphatic rings. The molecule has 0 atom stereocenters. The molecule has 1 N–H and O–H groups in total. The lowest BCUT2D eigenvalue weighted by Crippen LogP contribution is -1.94. The average Bonchev–Trinajstić information content (AvgIpc) is 2.46. The Labute approximate surface area is 72.6 Å². The van der Waals surface area contributed by atoms with Gasteiger partial charge in [0, 0.05) is 6.20 Å². The van der Waals surface area contributed by atoms with Crippen LogP contribution in [0.25, 0.3) is 5.78 Å². The lowest BCUT2D eigenvalue weighted by atomic mass is 10.6. The molecular weight excluding hydrogens is 180 g/mol. The molecule has 2 aromatic rings. The number of aliphatic hydroxyl groups excluding tert-OH is 1. The molecule has 5 nitrogen and oxygen atoms in total. The molecular formula is C6H5ClN4O. The van der Waals surface area contributed by atoms with Gasteiger partial charge >= 0.3 is 0 Å². The second-order valence-electron chi connectivity index (χ2n) is 2.22. The van der Waals surface area contributed by atoms with Gasteiger partial charge in [-0.05, 0) is 0 Å². The highest BCUT2D eigenvalue weighted by atomic mass is 35.5. The smallest absolute Gasteiger partial charge is 0.255 e. The van der Waals surface area contributed by atoms with Crippen molar-refractivity contribution in [3.05, 3.63) is 23.2 Å². The maximum absolute atomic E-state index is 8.82. The van der Waals surface area contributed by atoms with Gasteiger partial charge in [-0.25, -0.2) is 4.98 Å². The van der Waals surface area contributed by atoms with Gasteiger partial charge in [0.05, 0.1) is 11.2 Å². The Hall–Kier alpha value is -1.20. The van der Waals surface area contributed by atoms with Gasteiger partial charge in [0.1, 0.15) is 6.61 Å². The first kappa shape index (κ1) is 7.45. The number of hydrogen-bond donors (Lipinski definition) is 1. The zero-order valence-corrected chi connectivity index (χ0v) is 6.73. The van der Waals surface area contributed by atoms with Crippen molar-refractivity contribution in [2.45, 2.75) is 6.61 Å². The van der Waals surface area contributed by atoms with Crippen molar-refractivity contribution >= 4 is 17.4 Å². The predicted molar refractivity (Wildman–Crippen MR) is 41.7 cm³/mol. The third-order valence-corrected chi connectivity index (χ3v) is 1.64. The minimum atomic E-state index is -0.177. The van der Waals surface area contributed by atoms with E-state index in [1.54, 1.807) is 10.6 Å². The largest absolute Gasteiger partial charge is 0.388 e. The molecule has 0 bridgehead atoms. The summed E-state index contributed by atoms with van der Waals surface area (Å²) in [5.74, 6) is 0.864. The van der Waals surface area contributed by atoms with Crippen LogP contribution in [0.3, 0.4) is 0 Å². The summed E-state index contributed by atoms with van der Waals surface area (Å²) in [6.07, 6.45) is 3.09. The van der Waals surface area contributed by atoms with Crippen LogP contribution < -0.4 is 0 Å². The molecule has 6 heteroatoms. The first-order chi connectivity index (χ1) is 5.81. The van der Waals surface area contributed by atoms with Gasteiger partial charge in [0.15, 0.2) is 5.82 Å². The Morgan fingerprint density at radius 2 is 2.33 bits per heavy atom. The van der Waals surface area contributed by atoms with Crippen LogP contribution in [0.15, 0.2) is 12.4 Å². The van der Waals surface area contributed by atoms with Gasteiger partial charge in [-0.1, -0.05) is 11.6 Å². The first-order valence-electron chi connectivity index (χ1n) is 3.27. The first-order valence-corrected chi connectivity index (χ1v) is 3.65. The van der Waals surface area contributed by atoms with Crippen LogP contribution in [-0.2, 0) is 6.61 Å². The van der Waals surface area contributed by atoms with E-state index in [0.29, 0.717) is 16.6 Å². The van der Waals surface area contributed by atoms with E-state index in [4.69, 9.17) is 16.7 Å². The van der Waals surface area contributed by atoms with Crippen molar-refractivity contribution < 1.29 is 5.11 Å². The second kappa shape index (κ2) is 2.69. The van der Waals surface area contributed by atoms with Crippen LogP contribution in [0.4, 0.5) is 0 Å². The number of aliphatic hydroxyl groups is 1. The quantitative estimate of drug-likeness (QED) is 0.691. The van der Waals surface area contributed by atoms with E-state index in [1.165, 1.54) is 6.20 Å². The Balaban J connectivity index is 2.75. The van der Waals surface area contributed by atoms with Gasteiger partial charge in [-0.15, -0.1) is 10.2 Å². The number of nitrogens with zero attached hydrogens (tertiary/aromatic N) is 4. The Morgan fingerprint density at radius 3 is 3.08 bits per heavy atom. The molecule has 0 fully saturated rings. The lowest BCUT2D eigenvalue weighted by Gasteiger charge is -1.94. The fourth-order valence-corrected chi connectivity index (χ4v) is 1.06. The topological polar surface area (TPSA) is 63.3 Å². The van der Waals surface area contributed by atoms with Gasteiger partial charge in [0.2, 0.25) is 0 Å². The van der Waals surface area contributed by atoms with Crippen molar-refractivity contribution in [1.82, 2.24) is 19.6 Å². The maximum Gasteiger partial charge on any atom is 0.255 e. The van der Waals surface area contributed by atoms with Crippen LogP contribution in [-0.4, -0.2) is 24.7 Å². The summed E-state index contributed by atoms with van der Waals surface area (Å²) < 4.78 is 1.54. The summed E-state index contributed by atoms with van der Waals surface area (Å²) in [7, 11) is 0. The summed E-state index contributed by atoms with van der Waals surface area (Å²) in [5, 5.41) is 16.7. The molecule has 2 rings (SSSR count). The highest BCUT2D eigenvalue weighted by molar-refractivity contribution is 6.30. The SMILES string of the molecule is OCc1nnc2ncc(Cl)cn12. The van der Waals surface area contributed by atoms with Gasteiger partial charge in [-0.2, -0.15) is 0 Å². The van der Waals surface area contributed by atoms with Gasteiger partial charge < -0.3 is 5.11 Å². The normalized spacial score (nSPS) is 10.8. The van der Waals surface area contributed by atoms with Crippen LogP contribution in [0.1, 0.15) is 5.82 Å². The minimum absolute atomic E-state index is 0.177. The van der Waals surface area contributed by atoms with E-state index in [9.17, 15) is 0 Å². The van der Waals surface area contributed by atoms with Crippen molar-refractivity contribution in [2.75, 3.05) is 0 Å². The standard InChI is InChI=1S/C6H5ClN4O/c7-4-1-8-6-10-9-5(3-12)11(6)2-4/h1-2,12H,3H2. The molecule has 0 saturated carbocycles. The van der Waals surface area contributed by atoms with Gasteiger partial charge in [-0.3, -0.25) is 4.40 Å².